The van der Waals surface area contributed by atoms with Crippen LogP contribution in [0.15, 0.2) is 76.1 Å². The summed E-state index contributed by atoms with van der Waals surface area (Å²) in [5.41, 5.74) is 3.44. The second kappa shape index (κ2) is 8.49. The van der Waals surface area contributed by atoms with Crippen LogP contribution in [0.25, 0.3) is 0 Å². The zero-order valence-corrected chi connectivity index (χ0v) is 21.2. The highest BCUT2D eigenvalue weighted by molar-refractivity contribution is 9.10. The number of fused-ring (bicyclic) bond motifs is 4. The predicted octanol–water partition coefficient (Wildman–Crippen LogP) is 5.81. The van der Waals surface area contributed by atoms with Gasteiger partial charge in [0, 0.05) is 22.1 Å². The quantitative estimate of drug-likeness (QED) is 0.387. The first-order valence-corrected chi connectivity index (χ1v) is 13.5. The summed E-state index contributed by atoms with van der Waals surface area (Å²) < 4.78 is 46.3. The lowest BCUT2D eigenvalue weighted by molar-refractivity contribution is 0.174. The molecule has 3 aromatic carbocycles. The fraction of sp³-hybridized carbons (Fsp3) is 0.231. The van der Waals surface area contributed by atoms with E-state index in [1.807, 2.05) is 18.2 Å². The fourth-order valence-electron chi connectivity index (χ4n) is 5.12. The molecule has 0 unspecified atom stereocenters. The fourth-order valence-corrected chi connectivity index (χ4v) is 6.77. The maximum Gasteiger partial charge on any atom is 0.261 e. The molecular formula is C26H23BrN2O5S. The highest BCUT2D eigenvalue weighted by Crippen LogP contribution is 2.52. The Bertz CT molecular complexity index is 1460. The second-order valence-corrected chi connectivity index (χ2v) is 11.3. The second-order valence-electron chi connectivity index (χ2n) is 8.79. The maximum atomic E-state index is 13.2. The Labute approximate surface area is 212 Å². The number of ether oxygens (including phenoxy) is 3. The van der Waals surface area contributed by atoms with Crippen molar-refractivity contribution in [1.29, 1.82) is 0 Å². The van der Waals surface area contributed by atoms with Crippen molar-refractivity contribution in [2.45, 2.75) is 23.3 Å². The lowest BCUT2D eigenvalue weighted by Crippen LogP contribution is -2.29. The Morgan fingerprint density at radius 1 is 1.06 bits per heavy atom. The normalized spacial score (nSPS) is 21.7. The summed E-state index contributed by atoms with van der Waals surface area (Å²) >= 11 is 3.71. The van der Waals surface area contributed by atoms with Gasteiger partial charge in [-0.15, -0.1) is 0 Å². The van der Waals surface area contributed by atoms with Crippen molar-refractivity contribution in [2.75, 3.05) is 23.9 Å². The Hall–Kier alpha value is -3.17. The summed E-state index contributed by atoms with van der Waals surface area (Å²) in [4.78, 5) is 0.225. The van der Waals surface area contributed by atoms with Gasteiger partial charge in [0.2, 0.25) is 6.79 Å². The molecule has 0 fully saturated rings. The van der Waals surface area contributed by atoms with Crippen LogP contribution >= 0.6 is 15.9 Å². The SMILES string of the molecule is COc1cccc(NS(=O)(=O)c2ccc3c(c2)[C@H]2C=CC[C@H]2[C@@H](c2cc4c(cc2Br)OCO4)N3)c1. The molecular weight excluding hydrogens is 532 g/mol. The Balaban J connectivity index is 1.34. The molecule has 1 aliphatic carbocycles. The third-order valence-corrected chi connectivity index (χ3v) is 8.86. The van der Waals surface area contributed by atoms with Crippen molar-refractivity contribution in [1.82, 2.24) is 0 Å². The van der Waals surface area contributed by atoms with Gasteiger partial charge in [-0.05, 0) is 65.9 Å². The monoisotopic (exact) mass is 554 g/mol. The van der Waals surface area contributed by atoms with Crippen molar-refractivity contribution in [2.24, 2.45) is 5.92 Å². The number of halogens is 1. The molecule has 3 aromatic rings. The minimum atomic E-state index is -3.78. The van der Waals surface area contributed by atoms with Crippen molar-refractivity contribution in [3.8, 4) is 17.2 Å². The van der Waals surface area contributed by atoms with Crippen LogP contribution in [0, 0.1) is 5.92 Å². The van der Waals surface area contributed by atoms with Crippen LogP contribution in [0.2, 0.25) is 0 Å². The van der Waals surface area contributed by atoms with E-state index in [9.17, 15) is 8.42 Å². The van der Waals surface area contributed by atoms with Crippen LogP contribution in [0.4, 0.5) is 11.4 Å². The summed E-state index contributed by atoms with van der Waals surface area (Å²) in [5, 5.41) is 3.66. The molecule has 0 bridgehead atoms. The minimum Gasteiger partial charge on any atom is -0.497 e. The molecule has 2 N–H and O–H groups in total. The molecule has 0 aromatic heterocycles. The van der Waals surface area contributed by atoms with Gasteiger partial charge < -0.3 is 19.5 Å². The van der Waals surface area contributed by atoms with Crippen molar-refractivity contribution in [3.63, 3.8) is 0 Å². The van der Waals surface area contributed by atoms with Crippen LogP contribution in [0.5, 0.6) is 17.2 Å². The standard InChI is InChI=1S/C26H23BrN2O5S/c1-32-16-5-2-4-15(10-16)29-35(30,31)17-8-9-23-20(11-17)18-6-3-7-19(18)26(28-23)21-12-24-25(13-22(21)27)34-14-33-24/h2-6,8-13,18-19,26,28-29H,7,14H2,1H3/t18-,19+,26-/m0/s1. The zero-order chi connectivity index (χ0) is 24.2. The third-order valence-electron chi connectivity index (χ3n) is 6.79. The smallest absolute Gasteiger partial charge is 0.261 e. The molecule has 0 radical (unpaired) electrons. The van der Waals surface area contributed by atoms with Crippen molar-refractivity contribution >= 4 is 37.3 Å². The van der Waals surface area contributed by atoms with E-state index in [2.05, 4.69) is 38.1 Å². The molecule has 2 aliphatic heterocycles. The van der Waals surface area contributed by atoms with Crippen LogP contribution in [0.3, 0.4) is 0 Å². The lowest BCUT2D eigenvalue weighted by Gasteiger charge is -2.38. The van der Waals surface area contributed by atoms with Crippen LogP contribution < -0.4 is 24.2 Å². The Morgan fingerprint density at radius 2 is 1.89 bits per heavy atom. The average Bonchev–Trinajstić information content (AvgIpc) is 3.52. The van der Waals surface area contributed by atoms with Gasteiger partial charge in [0.05, 0.1) is 23.7 Å². The highest BCUT2D eigenvalue weighted by atomic mass is 79.9. The molecule has 3 atom stereocenters. The summed E-state index contributed by atoms with van der Waals surface area (Å²) in [5.74, 6) is 2.39. The topological polar surface area (TPSA) is 85.9 Å². The van der Waals surface area contributed by atoms with Gasteiger partial charge in [0.1, 0.15) is 5.75 Å². The molecule has 9 heteroatoms. The average molecular weight is 555 g/mol. The minimum absolute atomic E-state index is 0.0312. The number of allylic oxidation sites excluding steroid dienone is 2. The van der Waals surface area contributed by atoms with E-state index < -0.39 is 10.0 Å². The Morgan fingerprint density at radius 3 is 2.71 bits per heavy atom. The van der Waals surface area contributed by atoms with Crippen LogP contribution in [0.1, 0.15) is 29.5 Å². The van der Waals surface area contributed by atoms with Crippen LogP contribution in [-0.2, 0) is 10.0 Å². The van der Waals surface area contributed by atoms with E-state index in [4.69, 9.17) is 14.2 Å². The molecule has 0 saturated carbocycles. The third kappa shape index (κ3) is 3.92. The molecule has 0 saturated heterocycles. The molecule has 35 heavy (non-hydrogen) atoms. The van der Waals surface area contributed by atoms with Gasteiger partial charge in [-0.3, -0.25) is 4.72 Å². The maximum absolute atomic E-state index is 13.2. The molecule has 0 spiro atoms. The molecule has 7 nitrogen and oxygen atoms in total. The molecule has 6 rings (SSSR count). The van der Waals surface area contributed by atoms with Crippen LogP contribution in [-0.4, -0.2) is 22.3 Å². The van der Waals surface area contributed by atoms with E-state index in [0.717, 1.165) is 39.2 Å². The molecule has 3 aliphatic rings. The lowest BCUT2D eigenvalue weighted by atomic mass is 9.77. The number of hydrogen-bond acceptors (Lipinski definition) is 6. The molecule has 180 valence electrons. The van der Waals surface area contributed by atoms with E-state index >= 15 is 0 Å². The number of sulfonamides is 1. The van der Waals surface area contributed by atoms with E-state index in [0.29, 0.717) is 11.4 Å². The van der Waals surface area contributed by atoms with Crippen molar-refractivity contribution in [3.05, 3.63) is 82.3 Å². The van der Waals surface area contributed by atoms with Crippen molar-refractivity contribution < 1.29 is 22.6 Å². The first-order chi connectivity index (χ1) is 16.9. The Kier molecular flexibility index (Phi) is 5.41. The first-order valence-electron chi connectivity index (χ1n) is 11.3. The van der Waals surface area contributed by atoms with Gasteiger partial charge in [-0.1, -0.05) is 34.1 Å². The van der Waals surface area contributed by atoms with E-state index in [1.165, 1.54) is 0 Å². The number of rotatable bonds is 5. The number of hydrogen-bond donors (Lipinski definition) is 2. The van der Waals surface area contributed by atoms with Gasteiger partial charge in [0.15, 0.2) is 11.5 Å². The van der Waals surface area contributed by atoms with E-state index in [1.54, 1.807) is 43.5 Å². The molecule has 2 heterocycles. The number of benzene rings is 3. The summed E-state index contributed by atoms with van der Waals surface area (Å²) in [7, 11) is -2.23. The summed E-state index contributed by atoms with van der Waals surface area (Å²) in [6.07, 6.45) is 5.25. The predicted molar refractivity (Wildman–Crippen MR) is 137 cm³/mol. The summed E-state index contributed by atoms with van der Waals surface area (Å²) in [6.45, 7) is 0.223. The first kappa shape index (κ1) is 22.3. The number of nitrogens with one attached hydrogen (secondary N) is 2. The molecule has 0 amide bonds. The zero-order valence-electron chi connectivity index (χ0n) is 18.8. The number of methoxy groups -OCH3 is 1. The van der Waals surface area contributed by atoms with E-state index in [-0.39, 0.29) is 29.6 Å². The highest BCUT2D eigenvalue weighted by Gasteiger charge is 2.39. The van der Waals surface area contributed by atoms with Gasteiger partial charge in [0.25, 0.3) is 10.0 Å². The largest absolute Gasteiger partial charge is 0.497 e. The van der Waals surface area contributed by atoms with Gasteiger partial charge in [-0.2, -0.15) is 0 Å². The summed E-state index contributed by atoms with van der Waals surface area (Å²) in [6, 6.07) is 16.1. The van der Waals surface area contributed by atoms with Gasteiger partial charge >= 0.3 is 0 Å². The number of anilines is 2. The van der Waals surface area contributed by atoms with Gasteiger partial charge in [-0.25, -0.2) is 8.42 Å².